The van der Waals surface area contributed by atoms with Gasteiger partial charge in [-0.25, -0.2) is 13.2 Å². The van der Waals surface area contributed by atoms with Gasteiger partial charge in [0.2, 0.25) is 0 Å². The molecule has 0 unspecified atom stereocenters. The number of carboxylic acids is 1. The van der Waals surface area contributed by atoms with Crippen molar-refractivity contribution >= 4 is 5.97 Å². The minimum absolute atomic E-state index is 0.00449. The van der Waals surface area contributed by atoms with Crippen LogP contribution in [0.15, 0.2) is 12.1 Å². The average molecular weight is 249 g/mol. The molecule has 96 valence electrons. The maximum Gasteiger partial charge on any atom is 0.303 e. The van der Waals surface area contributed by atoms with Crippen LogP contribution in [0.2, 0.25) is 0 Å². The fourth-order valence-electron chi connectivity index (χ4n) is 1.19. The normalized spacial score (nSPS) is 9.47. The number of aryl methyl sites for hydroxylation is 1. The molecule has 0 spiro atoms. The summed E-state index contributed by atoms with van der Waals surface area (Å²) in [5, 5.41) is 8.33. The summed E-state index contributed by atoms with van der Waals surface area (Å²) in [7, 11) is 1.50. The van der Waals surface area contributed by atoms with Gasteiger partial charge >= 0.3 is 5.97 Å². The van der Waals surface area contributed by atoms with Crippen molar-refractivity contribution in [1.82, 2.24) is 0 Å². The molecule has 1 aromatic carbocycles. The van der Waals surface area contributed by atoms with Gasteiger partial charge < -0.3 is 10.8 Å². The van der Waals surface area contributed by atoms with Crippen molar-refractivity contribution in [3.8, 4) is 0 Å². The van der Waals surface area contributed by atoms with E-state index in [0.29, 0.717) is 6.07 Å². The van der Waals surface area contributed by atoms with Gasteiger partial charge in [-0.15, -0.1) is 0 Å². The molecular formula is C11H14F3NO2. The first kappa shape index (κ1) is 15.4. The summed E-state index contributed by atoms with van der Waals surface area (Å²) in [5.74, 6) is -4.21. The van der Waals surface area contributed by atoms with Crippen molar-refractivity contribution in [1.29, 1.82) is 0 Å². The molecule has 0 amide bonds. The SMILES string of the molecule is CN.O=C(O)CCCc1cc(F)c(F)cc1F. The number of benzene rings is 1. The zero-order valence-corrected chi connectivity index (χ0v) is 9.34. The topological polar surface area (TPSA) is 63.3 Å². The van der Waals surface area contributed by atoms with Crippen LogP contribution in [-0.4, -0.2) is 18.1 Å². The maximum absolute atomic E-state index is 13.0. The molecule has 0 atom stereocenters. The van der Waals surface area contributed by atoms with Gasteiger partial charge in [0.15, 0.2) is 11.6 Å². The van der Waals surface area contributed by atoms with E-state index in [1.807, 2.05) is 0 Å². The molecule has 0 aliphatic heterocycles. The third-order valence-corrected chi connectivity index (χ3v) is 1.93. The minimum Gasteiger partial charge on any atom is -0.481 e. The predicted octanol–water partition coefficient (Wildman–Crippen LogP) is 2.09. The molecule has 0 heterocycles. The van der Waals surface area contributed by atoms with E-state index in [1.165, 1.54) is 7.05 Å². The van der Waals surface area contributed by atoms with Crippen LogP contribution < -0.4 is 5.73 Å². The van der Waals surface area contributed by atoms with Gasteiger partial charge in [-0.1, -0.05) is 0 Å². The standard InChI is InChI=1S/C10H9F3O2.CH5N/c11-7-5-9(13)8(12)4-6(7)2-1-3-10(14)15;1-2/h4-5H,1-3H2,(H,14,15);2H2,1H3. The first-order valence-electron chi connectivity index (χ1n) is 4.93. The lowest BCUT2D eigenvalue weighted by atomic mass is 10.1. The Labute approximate surface area is 97.1 Å². The van der Waals surface area contributed by atoms with Crippen LogP contribution >= 0.6 is 0 Å². The molecule has 0 aliphatic carbocycles. The van der Waals surface area contributed by atoms with E-state index >= 15 is 0 Å². The minimum atomic E-state index is -1.24. The Balaban J connectivity index is 0.00000121. The number of nitrogens with two attached hydrogens (primary N) is 1. The van der Waals surface area contributed by atoms with Gasteiger partial charge in [-0.3, -0.25) is 4.79 Å². The second-order valence-corrected chi connectivity index (χ2v) is 3.11. The lowest BCUT2D eigenvalue weighted by Gasteiger charge is -2.02. The summed E-state index contributed by atoms with van der Waals surface area (Å²) < 4.78 is 38.2. The summed E-state index contributed by atoms with van der Waals surface area (Å²) in [5.41, 5.74) is 4.50. The average Bonchev–Trinajstić information content (AvgIpc) is 2.28. The van der Waals surface area contributed by atoms with E-state index in [9.17, 15) is 18.0 Å². The Kier molecular flexibility index (Phi) is 6.97. The number of rotatable bonds is 4. The quantitative estimate of drug-likeness (QED) is 0.803. The van der Waals surface area contributed by atoms with Crippen LogP contribution in [0.5, 0.6) is 0 Å². The van der Waals surface area contributed by atoms with Gasteiger partial charge in [0.25, 0.3) is 0 Å². The summed E-state index contributed by atoms with van der Waals surface area (Å²) >= 11 is 0. The zero-order chi connectivity index (χ0) is 13.4. The highest BCUT2D eigenvalue weighted by atomic mass is 19.2. The number of aliphatic carboxylic acids is 1. The van der Waals surface area contributed by atoms with Crippen molar-refractivity contribution in [2.75, 3.05) is 7.05 Å². The monoisotopic (exact) mass is 249 g/mol. The molecule has 1 rings (SSSR count). The lowest BCUT2D eigenvalue weighted by molar-refractivity contribution is -0.137. The molecule has 0 radical (unpaired) electrons. The second kappa shape index (κ2) is 7.67. The van der Waals surface area contributed by atoms with Crippen molar-refractivity contribution < 1.29 is 23.1 Å². The molecule has 3 nitrogen and oxygen atoms in total. The van der Waals surface area contributed by atoms with Crippen LogP contribution in [0, 0.1) is 17.5 Å². The molecule has 3 N–H and O–H groups in total. The van der Waals surface area contributed by atoms with E-state index in [0.717, 1.165) is 6.07 Å². The van der Waals surface area contributed by atoms with Gasteiger partial charge in [-0.05, 0) is 31.5 Å². The third kappa shape index (κ3) is 5.35. The van der Waals surface area contributed by atoms with Crippen LogP contribution in [0.4, 0.5) is 13.2 Å². The second-order valence-electron chi connectivity index (χ2n) is 3.11. The first-order chi connectivity index (χ1) is 8.00. The Hall–Kier alpha value is -1.56. The van der Waals surface area contributed by atoms with Crippen molar-refractivity contribution in [2.45, 2.75) is 19.3 Å². The summed E-state index contributed by atoms with van der Waals surface area (Å²) in [6.07, 6.45) is 0.144. The van der Waals surface area contributed by atoms with E-state index < -0.39 is 23.4 Å². The summed E-state index contributed by atoms with van der Waals surface area (Å²) in [4.78, 5) is 10.2. The fourth-order valence-corrected chi connectivity index (χ4v) is 1.19. The Morgan fingerprint density at radius 3 is 2.24 bits per heavy atom. The maximum atomic E-state index is 13.0. The lowest BCUT2D eigenvalue weighted by Crippen LogP contribution is -1.99. The number of carbonyl (C=O) groups is 1. The molecule has 0 aromatic heterocycles. The van der Waals surface area contributed by atoms with Crippen LogP contribution in [0.1, 0.15) is 18.4 Å². The largest absolute Gasteiger partial charge is 0.481 e. The van der Waals surface area contributed by atoms with E-state index in [2.05, 4.69) is 5.73 Å². The first-order valence-corrected chi connectivity index (χ1v) is 4.93. The molecule has 0 saturated heterocycles. The van der Waals surface area contributed by atoms with Gasteiger partial charge in [0, 0.05) is 12.5 Å². The molecule has 1 aromatic rings. The predicted molar refractivity (Wildman–Crippen MR) is 57.0 cm³/mol. The molecule has 0 aliphatic rings. The molecule has 0 saturated carbocycles. The Morgan fingerprint density at radius 2 is 1.71 bits per heavy atom. The van der Waals surface area contributed by atoms with Crippen LogP contribution in [-0.2, 0) is 11.2 Å². The Bertz CT molecular complexity index is 383. The number of hydrogen-bond donors (Lipinski definition) is 2. The number of carboxylic acid groups (broad SMARTS) is 1. The molecule has 6 heteroatoms. The third-order valence-electron chi connectivity index (χ3n) is 1.93. The smallest absolute Gasteiger partial charge is 0.303 e. The molecule has 0 bridgehead atoms. The van der Waals surface area contributed by atoms with Crippen LogP contribution in [0.3, 0.4) is 0 Å². The Morgan fingerprint density at radius 1 is 1.18 bits per heavy atom. The van der Waals surface area contributed by atoms with Crippen LogP contribution in [0.25, 0.3) is 0 Å². The van der Waals surface area contributed by atoms with E-state index in [1.54, 1.807) is 0 Å². The van der Waals surface area contributed by atoms with Crippen molar-refractivity contribution in [3.63, 3.8) is 0 Å². The van der Waals surface area contributed by atoms with Gasteiger partial charge in [0.05, 0.1) is 0 Å². The highest BCUT2D eigenvalue weighted by molar-refractivity contribution is 5.66. The molecule has 17 heavy (non-hydrogen) atoms. The number of hydrogen-bond acceptors (Lipinski definition) is 2. The van der Waals surface area contributed by atoms with Gasteiger partial charge in [-0.2, -0.15) is 0 Å². The van der Waals surface area contributed by atoms with E-state index in [-0.39, 0.29) is 24.8 Å². The van der Waals surface area contributed by atoms with Gasteiger partial charge in [0.1, 0.15) is 5.82 Å². The fraction of sp³-hybridized carbons (Fsp3) is 0.364. The summed E-state index contributed by atoms with van der Waals surface area (Å²) in [6, 6.07) is 1.22. The summed E-state index contributed by atoms with van der Waals surface area (Å²) in [6.45, 7) is 0. The molecular weight excluding hydrogens is 235 g/mol. The molecule has 0 fully saturated rings. The number of halogens is 3. The highest BCUT2D eigenvalue weighted by Gasteiger charge is 2.09. The van der Waals surface area contributed by atoms with Crippen molar-refractivity contribution in [3.05, 3.63) is 35.1 Å². The van der Waals surface area contributed by atoms with Crippen molar-refractivity contribution in [2.24, 2.45) is 5.73 Å². The van der Waals surface area contributed by atoms with E-state index in [4.69, 9.17) is 5.11 Å². The highest BCUT2D eigenvalue weighted by Crippen LogP contribution is 2.15. The zero-order valence-electron chi connectivity index (χ0n) is 9.34.